The van der Waals surface area contributed by atoms with Crippen molar-refractivity contribution < 1.29 is 24.2 Å². The Morgan fingerprint density at radius 3 is 2.30 bits per heavy atom. The number of carbonyl (C=O) groups is 2. The number of methoxy groups -OCH3 is 1. The van der Waals surface area contributed by atoms with Gasteiger partial charge in [-0.15, -0.1) is 0 Å². The standard InChI is InChI=1S/C26H30N2O5/c1-32-21-8-6-18(7-9-21)17-2-4-19(5-3-17)25-22-14-27(15-24(30)28(22)23(25)16-29)26(31)20-10-12-33-13-11-20/h2-9,20,22-23,25,29H,10-16H2,1H3/t22-,23+,25+/m1/s1. The number of fused-ring (bicyclic) bond motifs is 1. The third-order valence-electron chi connectivity index (χ3n) is 7.35. The number of aliphatic hydroxyl groups is 1. The van der Waals surface area contributed by atoms with Crippen molar-refractivity contribution in [1.82, 2.24) is 9.80 Å². The zero-order valence-corrected chi connectivity index (χ0v) is 18.9. The summed E-state index contributed by atoms with van der Waals surface area (Å²) in [5.41, 5.74) is 3.27. The Morgan fingerprint density at radius 2 is 1.70 bits per heavy atom. The number of aliphatic hydroxyl groups excluding tert-OH is 1. The van der Waals surface area contributed by atoms with Crippen LogP contribution in [-0.2, 0) is 14.3 Å². The van der Waals surface area contributed by atoms with Crippen LogP contribution in [-0.4, -0.2) is 78.8 Å². The zero-order valence-electron chi connectivity index (χ0n) is 18.9. The first-order valence-corrected chi connectivity index (χ1v) is 11.6. The lowest BCUT2D eigenvalue weighted by Gasteiger charge is -2.59. The molecule has 0 radical (unpaired) electrons. The van der Waals surface area contributed by atoms with E-state index in [1.54, 1.807) is 16.9 Å². The number of benzene rings is 2. The highest BCUT2D eigenvalue weighted by molar-refractivity contribution is 5.88. The minimum atomic E-state index is -0.241. The van der Waals surface area contributed by atoms with Gasteiger partial charge in [0, 0.05) is 31.6 Å². The number of ether oxygens (including phenoxy) is 2. The maximum absolute atomic E-state index is 13.1. The molecule has 0 aliphatic carbocycles. The monoisotopic (exact) mass is 450 g/mol. The van der Waals surface area contributed by atoms with E-state index in [4.69, 9.17) is 9.47 Å². The second-order valence-corrected chi connectivity index (χ2v) is 9.10. The molecule has 7 heteroatoms. The van der Waals surface area contributed by atoms with Crippen LogP contribution in [0.15, 0.2) is 48.5 Å². The Kier molecular flexibility index (Phi) is 6.08. The highest BCUT2D eigenvalue weighted by Gasteiger charge is 2.54. The van der Waals surface area contributed by atoms with Crippen molar-refractivity contribution in [1.29, 1.82) is 0 Å². The molecule has 0 unspecified atom stereocenters. The molecule has 3 atom stereocenters. The van der Waals surface area contributed by atoms with Crippen LogP contribution in [0.25, 0.3) is 11.1 Å². The van der Waals surface area contributed by atoms with Crippen LogP contribution in [0.1, 0.15) is 24.3 Å². The maximum atomic E-state index is 13.1. The lowest BCUT2D eigenvalue weighted by atomic mass is 9.73. The lowest BCUT2D eigenvalue weighted by molar-refractivity contribution is -0.169. The third kappa shape index (κ3) is 4.00. The largest absolute Gasteiger partial charge is 0.497 e. The van der Waals surface area contributed by atoms with E-state index in [1.165, 1.54) is 0 Å². The number of rotatable bonds is 5. The number of hydrogen-bond donors (Lipinski definition) is 1. The minimum absolute atomic E-state index is 0.00848. The van der Waals surface area contributed by atoms with Crippen LogP contribution in [0, 0.1) is 5.92 Å². The van der Waals surface area contributed by atoms with Crippen molar-refractivity contribution >= 4 is 11.8 Å². The fourth-order valence-electron chi connectivity index (χ4n) is 5.55. The van der Waals surface area contributed by atoms with Crippen molar-refractivity contribution in [3.63, 3.8) is 0 Å². The van der Waals surface area contributed by atoms with Crippen molar-refractivity contribution in [2.24, 2.45) is 5.92 Å². The van der Waals surface area contributed by atoms with Gasteiger partial charge in [0.05, 0.1) is 32.3 Å². The van der Waals surface area contributed by atoms with Crippen molar-refractivity contribution in [3.8, 4) is 16.9 Å². The van der Waals surface area contributed by atoms with Crippen LogP contribution in [0.5, 0.6) is 5.75 Å². The predicted molar refractivity (Wildman–Crippen MR) is 123 cm³/mol. The molecule has 1 N–H and O–H groups in total. The number of carbonyl (C=O) groups excluding carboxylic acids is 2. The van der Waals surface area contributed by atoms with Gasteiger partial charge in [0.15, 0.2) is 0 Å². The van der Waals surface area contributed by atoms with Gasteiger partial charge in [-0.25, -0.2) is 0 Å². The van der Waals surface area contributed by atoms with Crippen LogP contribution in [0.3, 0.4) is 0 Å². The number of hydrogen-bond acceptors (Lipinski definition) is 5. The van der Waals surface area contributed by atoms with Gasteiger partial charge in [-0.05, 0) is 41.7 Å². The van der Waals surface area contributed by atoms with Crippen LogP contribution in [0.4, 0.5) is 0 Å². The SMILES string of the molecule is COc1ccc(-c2ccc([C@H]3[C@H]4CN(C(=O)C5CCOCC5)CC(=O)N4[C@H]3CO)cc2)cc1. The van der Waals surface area contributed by atoms with Gasteiger partial charge in [0.25, 0.3) is 0 Å². The molecule has 7 nitrogen and oxygen atoms in total. The average Bonchev–Trinajstić information content (AvgIpc) is 2.86. The quantitative estimate of drug-likeness (QED) is 0.756. The first-order chi connectivity index (χ1) is 16.1. The molecule has 33 heavy (non-hydrogen) atoms. The van der Waals surface area contributed by atoms with Crippen molar-refractivity contribution in [3.05, 3.63) is 54.1 Å². The van der Waals surface area contributed by atoms with E-state index in [2.05, 4.69) is 24.3 Å². The molecule has 3 fully saturated rings. The van der Waals surface area contributed by atoms with Gasteiger partial charge in [-0.2, -0.15) is 0 Å². The van der Waals surface area contributed by atoms with Gasteiger partial charge < -0.3 is 24.4 Å². The van der Waals surface area contributed by atoms with Gasteiger partial charge in [-0.3, -0.25) is 9.59 Å². The highest BCUT2D eigenvalue weighted by Crippen LogP contribution is 2.43. The second kappa shape index (κ2) is 9.15. The maximum Gasteiger partial charge on any atom is 0.242 e. The Balaban J connectivity index is 1.34. The van der Waals surface area contributed by atoms with Crippen molar-refractivity contribution in [2.75, 3.05) is 40.0 Å². The van der Waals surface area contributed by atoms with Gasteiger partial charge >= 0.3 is 0 Å². The van der Waals surface area contributed by atoms with Gasteiger partial charge in [0.2, 0.25) is 11.8 Å². The van der Waals surface area contributed by atoms with Crippen molar-refractivity contribution in [2.45, 2.75) is 30.8 Å². The number of amides is 2. The topological polar surface area (TPSA) is 79.3 Å². The smallest absolute Gasteiger partial charge is 0.242 e. The van der Waals surface area contributed by atoms with Gasteiger partial charge in [0.1, 0.15) is 5.75 Å². The molecule has 3 aliphatic heterocycles. The Morgan fingerprint density at radius 1 is 1.06 bits per heavy atom. The van der Waals surface area contributed by atoms with E-state index in [0.29, 0.717) is 32.6 Å². The summed E-state index contributed by atoms with van der Waals surface area (Å²) >= 11 is 0. The molecule has 0 spiro atoms. The fraction of sp³-hybridized carbons (Fsp3) is 0.462. The lowest BCUT2D eigenvalue weighted by Crippen LogP contribution is -2.73. The number of piperazine rings is 1. The summed E-state index contributed by atoms with van der Waals surface area (Å²) in [7, 11) is 1.65. The molecule has 3 heterocycles. The molecule has 2 amide bonds. The Labute approximate surface area is 193 Å². The summed E-state index contributed by atoms with van der Waals surface area (Å²) in [6, 6.07) is 15.9. The summed E-state index contributed by atoms with van der Waals surface area (Å²) in [4.78, 5) is 29.5. The Bertz CT molecular complexity index is 1000. The summed E-state index contributed by atoms with van der Waals surface area (Å²) in [5, 5.41) is 10.0. The van der Waals surface area contributed by atoms with E-state index in [1.807, 2.05) is 24.3 Å². The average molecular weight is 451 g/mol. The minimum Gasteiger partial charge on any atom is -0.497 e. The first-order valence-electron chi connectivity index (χ1n) is 11.6. The predicted octanol–water partition coefficient (Wildman–Crippen LogP) is 2.29. The van der Waals surface area contributed by atoms with E-state index in [0.717, 1.165) is 22.4 Å². The zero-order chi connectivity index (χ0) is 22.9. The van der Waals surface area contributed by atoms with E-state index in [9.17, 15) is 14.7 Å². The van der Waals surface area contributed by atoms with Gasteiger partial charge in [-0.1, -0.05) is 36.4 Å². The van der Waals surface area contributed by atoms with E-state index < -0.39 is 0 Å². The molecule has 0 saturated carbocycles. The third-order valence-corrected chi connectivity index (χ3v) is 7.35. The second-order valence-electron chi connectivity index (χ2n) is 9.10. The van der Waals surface area contributed by atoms with E-state index in [-0.39, 0.29) is 48.9 Å². The summed E-state index contributed by atoms with van der Waals surface area (Å²) < 4.78 is 10.6. The van der Waals surface area contributed by atoms with Crippen LogP contribution in [0.2, 0.25) is 0 Å². The molecule has 2 aromatic rings. The summed E-state index contributed by atoms with van der Waals surface area (Å²) in [6.45, 7) is 1.74. The van der Waals surface area contributed by atoms with E-state index >= 15 is 0 Å². The molecule has 5 rings (SSSR count). The normalized spacial score (nSPS) is 25.4. The molecule has 3 aliphatic rings. The molecule has 174 valence electrons. The summed E-state index contributed by atoms with van der Waals surface area (Å²) in [6.07, 6.45) is 1.43. The van der Waals surface area contributed by atoms with Crippen LogP contribution < -0.4 is 4.74 Å². The molecule has 2 aromatic carbocycles. The molecule has 3 saturated heterocycles. The van der Waals surface area contributed by atoms with Crippen LogP contribution >= 0.6 is 0 Å². The highest BCUT2D eigenvalue weighted by atomic mass is 16.5. The molecule has 0 aromatic heterocycles. The molecule has 0 bridgehead atoms. The summed E-state index contributed by atoms with van der Waals surface area (Å²) in [5.74, 6) is 0.755. The number of nitrogens with zero attached hydrogens (tertiary/aromatic N) is 2. The molecular formula is C26H30N2O5. The molecular weight excluding hydrogens is 420 g/mol. The Hall–Kier alpha value is -2.90. The first kappa shape index (κ1) is 21.9. The fourth-order valence-corrected chi connectivity index (χ4v) is 5.55.